The maximum absolute atomic E-state index is 8.83. The van der Waals surface area contributed by atoms with E-state index in [0.717, 1.165) is 12.5 Å². The van der Waals surface area contributed by atoms with Gasteiger partial charge in [-0.2, -0.15) is 0 Å². The van der Waals surface area contributed by atoms with E-state index in [-0.39, 0.29) is 0 Å². The molecule has 7 heavy (non-hydrogen) atoms. The number of alkyl halides is 1. The first kappa shape index (κ1) is 7.47. The van der Waals surface area contributed by atoms with Crippen LogP contribution in [-0.4, -0.2) is 19.3 Å². The predicted octanol–water partition coefficient (Wildman–Crippen LogP) is 1.16. The van der Waals surface area contributed by atoms with Crippen LogP contribution in [0.15, 0.2) is 0 Å². The summed E-state index contributed by atoms with van der Waals surface area (Å²) in [6, 6.07) is 0.925. The first-order chi connectivity index (χ1) is 3.31. The average molecular weight is 138 g/mol. The Kier molecular flexibility index (Phi) is 4.93. The molecular formula is C4H10ClOSi. The molecule has 0 aliphatic carbocycles. The zero-order valence-electron chi connectivity index (χ0n) is 4.45. The second kappa shape index (κ2) is 4.62. The van der Waals surface area contributed by atoms with Gasteiger partial charge >= 0.3 is 0 Å². The third-order valence-electron chi connectivity index (χ3n) is 0.693. The second-order valence-corrected chi connectivity index (χ2v) is 4.15. The normalized spacial score (nSPS) is 10.3. The molecule has 0 heterocycles. The molecule has 0 saturated heterocycles. The summed E-state index contributed by atoms with van der Waals surface area (Å²) < 4.78 is 0. The highest BCUT2D eigenvalue weighted by molar-refractivity contribution is 6.60. The lowest BCUT2D eigenvalue weighted by atomic mass is 10.6. The molecule has 0 aliphatic rings. The van der Waals surface area contributed by atoms with Crippen molar-refractivity contribution in [3.8, 4) is 0 Å². The van der Waals surface area contributed by atoms with Crippen molar-refractivity contribution in [2.45, 2.75) is 19.4 Å². The van der Waals surface area contributed by atoms with Crippen LogP contribution in [0.1, 0.15) is 13.3 Å². The third kappa shape index (κ3) is 4.32. The highest BCUT2D eigenvalue weighted by Gasteiger charge is 2.01. The highest BCUT2D eigenvalue weighted by atomic mass is 35.5. The standard InChI is InChI=1S/C4H10ClOSi/c1-2-3-7(6)4-5/h6H,2-4H2,1H3. The maximum Gasteiger partial charge on any atom is 0.222 e. The van der Waals surface area contributed by atoms with Gasteiger partial charge in [-0.15, -0.1) is 11.6 Å². The van der Waals surface area contributed by atoms with Gasteiger partial charge in [0.15, 0.2) is 0 Å². The fourth-order valence-electron chi connectivity index (χ4n) is 0.355. The predicted molar refractivity (Wildman–Crippen MR) is 33.8 cm³/mol. The van der Waals surface area contributed by atoms with E-state index in [9.17, 15) is 0 Å². The lowest BCUT2D eigenvalue weighted by Gasteiger charge is -1.96. The molecule has 0 unspecified atom stereocenters. The average Bonchev–Trinajstić information content (AvgIpc) is 1.68. The molecule has 1 nitrogen and oxygen atoms in total. The van der Waals surface area contributed by atoms with Gasteiger partial charge in [0.1, 0.15) is 0 Å². The number of halogens is 1. The van der Waals surface area contributed by atoms with Crippen LogP contribution in [0.3, 0.4) is 0 Å². The van der Waals surface area contributed by atoms with Crippen molar-refractivity contribution in [2.24, 2.45) is 0 Å². The summed E-state index contributed by atoms with van der Waals surface area (Å²) in [7, 11) is -1.11. The molecule has 1 N–H and O–H groups in total. The molecule has 0 aromatic carbocycles. The Hall–Kier alpha value is 0.467. The zero-order valence-corrected chi connectivity index (χ0v) is 6.20. The first-order valence-corrected chi connectivity index (χ1v) is 4.80. The van der Waals surface area contributed by atoms with Crippen molar-refractivity contribution in [2.75, 3.05) is 5.50 Å². The second-order valence-electron chi connectivity index (χ2n) is 1.45. The van der Waals surface area contributed by atoms with Gasteiger partial charge in [0, 0.05) is 5.50 Å². The molecular weight excluding hydrogens is 128 g/mol. The fraction of sp³-hybridized carbons (Fsp3) is 1.00. The molecule has 3 heteroatoms. The van der Waals surface area contributed by atoms with Gasteiger partial charge in [0.05, 0.1) is 0 Å². The van der Waals surface area contributed by atoms with Crippen molar-refractivity contribution < 1.29 is 4.80 Å². The van der Waals surface area contributed by atoms with Gasteiger partial charge in [0.2, 0.25) is 9.04 Å². The Balaban J connectivity index is 2.83. The quantitative estimate of drug-likeness (QED) is 0.457. The number of rotatable bonds is 3. The molecule has 0 rings (SSSR count). The van der Waals surface area contributed by atoms with Gasteiger partial charge in [-0.1, -0.05) is 13.3 Å². The van der Waals surface area contributed by atoms with E-state index in [4.69, 9.17) is 16.4 Å². The van der Waals surface area contributed by atoms with Gasteiger partial charge in [-0.25, -0.2) is 0 Å². The minimum absolute atomic E-state index is 0.471. The van der Waals surface area contributed by atoms with E-state index >= 15 is 0 Å². The summed E-state index contributed by atoms with van der Waals surface area (Å²) in [5, 5.41) is 0. The molecule has 0 bridgehead atoms. The molecule has 0 aliphatic heterocycles. The number of hydrogen-bond acceptors (Lipinski definition) is 1. The largest absolute Gasteiger partial charge is 0.430 e. The zero-order chi connectivity index (χ0) is 5.70. The summed E-state index contributed by atoms with van der Waals surface area (Å²) in [5.41, 5.74) is 0.471. The summed E-state index contributed by atoms with van der Waals surface area (Å²) in [6.07, 6.45) is 1.05. The summed E-state index contributed by atoms with van der Waals surface area (Å²) in [6.45, 7) is 2.05. The van der Waals surface area contributed by atoms with Gasteiger partial charge in [0.25, 0.3) is 0 Å². The third-order valence-corrected chi connectivity index (χ3v) is 3.00. The maximum atomic E-state index is 8.83. The topological polar surface area (TPSA) is 20.2 Å². The van der Waals surface area contributed by atoms with Crippen LogP contribution in [0, 0.1) is 0 Å². The van der Waals surface area contributed by atoms with Gasteiger partial charge < -0.3 is 4.80 Å². The van der Waals surface area contributed by atoms with Crippen molar-refractivity contribution >= 4 is 20.6 Å². The van der Waals surface area contributed by atoms with Crippen molar-refractivity contribution in [1.29, 1.82) is 0 Å². The summed E-state index contributed by atoms with van der Waals surface area (Å²) in [5.74, 6) is 0. The van der Waals surface area contributed by atoms with Crippen LogP contribution < -0.4 is 0 Å². The Labute approximate surface area is 51.0 Å². The highest BCUT2D eigenvalue weighted by Crippen LogP contribution is 1.93. The van der Waals surface area contributed by atoms with E-state index in [1.165, 1.54) is 0 Å². The molecule has 1 radical (unpaired) electrons. The molecule has 0 saturated carbocycles. The summed E-state index contributed by atoms with van der Waals surface area (Å²) >= 11 is 5.33. The molecule has 0 aromatic rings. The van der Waals surface area contributed by atoms with Crippen molar-refractivity contribution in [3.05, 3.63) is 0 Å². The van der Waals surface area contributed by atoms with E-state index in [2.05, 4.69) is 0 Å². The molecule has 0 fully saturated rings. The molecule has 0 spiro atoms. The van der Waals surface area contributed by atoms with Crippen LogP contribution >= 0.6 is 11.6 Å². The van der Waals surface area contributed by atoms with E-state index < -0.39 is 9.04 Å². The van der Waals surface area contributed by atoms with Crippen molar-refractivity contribution in [3.63, 3.8) is 0 Å². The molecule has 0 atom stereocenters. The van der Waals surface area contributed by atoms with Crippen molar-refractivity contribution in [1.82, 2.24) is 0 Å². The first-order valence-electron chi connectivity index (χ1n) is 2.41. The lowest BCUT2D eigenvalue weighted by Crippen LogP contribution is -2.12. The summed E-state index contributed by atoms with van der Waals surface area (Å²) in [4.78, 5) is 8.83. The minimum Gasteiger partial charge on any atom is -0.430 e. The van der Waals surface area contributed by atoms with Crippen LogP contribution in [0.25, 0.3) is 0 Å². The van der Waals surface area contributed by atoms with Crippen LogP contribution in [-0.2, 0) is 0 Å². The monoisotopic (exact) mass is 137 g/mol. The van der Waals surface area contributed by atoms with Crippen LogP contribution in [0.4, 0.5) is 0 Å². The molecule has 0 amide bonds. The SMILES string of the molecule is CCC[Si](O)CCl. The molecule has 43 valence electrons. The van der Waals surface area contributed by atoms with Crippen LogP contribution in [0.5, 0.6) is 0 Å². The number of hydrogen-bond donors (Lipinski definition) is 1. The van der Waals surface area contributed by atoms with Crippen LogP contribution in [0.2, 0.25) is 6.04 Å². The molecule has 0 aromatic heterocycles. The Morgan fingerprint density at radius 3 is 2.43 bits per heavy atom. The van der Waals surface area contributed by atoms with E-state index in [1.54, 1.807) is 0 Å². The Morgan fingerprint density at radius 2 is 2.29 bits per heavy atom. The minimum atomic E-state index is -1.11. The Bertz CT molecular complexity index is 42.7. The smallest absolute Gasteiger partial charge is 0.222 e. The fourth-order valence-corrected chi connectivity index (χ4v) is 1.47. The lowest BCUT2D eigenvalue weighted by molar-refractivity contribution is 0.573. The van der Waals surface area contributed by atoms with Gasteiger partial charge in [-0.3, -0.25) is 0 Å². The Morgan fingerprint density at radius 1 is 1.71 bits per heavy atom. The van der Waals surface area contributed by atoms with E-state index in [1.807, 2.05) is 6.92 Å². The van der Waals surface area contributed by atoms with E-state index in [0.29, 0.717) is 5.50 Å². The van der Waals surface area contributed by atoms with Gasteiger partial charge in [-0.05, 0) is 6.04 Å².